The highest BCUT2D eigenvalue weighted by Gasteiger charge is 2.30. The number of nitrogens with one attached hydrogen (secondary N) is 1. The van der Waals surface area contributed by atoms with Gasteiger partial charge in [-0.1, -0.05) is 12.1 Å². The third kappa shape index (κ3) is 2.45. The van der Waals surface area contributed by atoms with Crippen LogP contribution < -0.4 is 0 Å². The Hall–Kier alpha value is -2.89. The van der Waals surface area contributed by atoms with Crippen LogP contribution in [0.2, 0.25) is 0 Å². The first-order chi connectivity index (χ1) is 12.1. The maximum Gasteiger partial charge on any atom is 0.359 e. The van der Waals surface area contributed by atoms with Crippen LogP contribution in [0, 0.1) is 13.8 Å². The van der Waals surface area contributed by atoms with Gasteiger partial charge in [0, 0.05) is 16.8 Å². The van der Waals surface area contributed by atoms with Gasteiger partial charge >= 0.3 is 5.97 Å². The highest BCUT2D eigenvalue weighted by Crippen LogP contribution is 2.36. The van der Waals surface area contributed by atoms with Crippen molar-refractivity contribution in [1.29, 1.82) is 0 Å². The Labute approximate surface area is 145 Å². The van der Waals surface area contributed by atoms with Crippen molar-refractivity contribution >= 4 is 5.97 Å². The number of aromatic amines is 1. The largest absolute Gasteiger partial charge is 0.461 e. The minimum Gasteiger partial charge on any atom is -0.461 e. The lowest BCUT2D eigenvalue weighted by atomic mass is 9.93. The van der Waals surface area contributed by atoms with Gasteiger partial charge in [0.2, 0.25) is 0 Å². The van der Waals surface area contributed by atoms with E-state index in [0.717, 1.165) is 52.2 Å². The molecule has 0 amide bonds. The van der Waals surface area contributed by atoms with Gasteiger partial charge in [-0.05, 0) is 50.8 Å². The molecule has 0 saturated carbocycles. The zero-order valence-electron chi connectivity index (χ0n) is 14.6. The Morgan fingerprint density at radius 1 is 1.32 bits per heavy atom. The average Bonchev–Trinajstić information content (AvgIpc) is 3.21. The van der Waals surface area contributed by atoms with Gasteiger partial charge in [-0.3, -0.25) is 5.10 Å². The molecule has 0 unspecified atom stereocenters. The van der Waals surface area contributed by atoms with Crippen LogP contribution in [-0.4, -0.2) is 32.6 Å². The molecule has 0 aliphatic heterocycles. The topological polar surface area (TPSA) is 72.8 Å². The zero-order valence-corrected chi connectivity index (χ0v) is 14.6. The third-order valence-corrected chi connectivity index (χ3v) is 4.64. The third-order valence-electron chi connectivity index (χ3n) is 4.64. The molecule has 0 saturated heterocycles. The van der Waals surface area contributed by atoms with Gasteiger partial charge in [0.15, 0.2) is 5.69 Å². The van der Waals surface area contributed by atoms with E-state index in [9.17, 15) is 4.79 Å². The molecule has 0 atom stereocenters. The summed E-state index contributed by atoms with van der Waals surface area (Å²) in [6.45, 7) is 6.24. The highest BCUT2D eigenvalue weighted by molar-refractivity contribution is 5.92. The molecule has 2 aromatic heterocycles. The number of aromatic nitrogens is 4. The quantitative estimate of drug-likeness (QED) is 0.746. The number of carbonyl (C=O) groups is 1. The molecule has 1 aromatic carbocycles. The minimum absolute atomic E-state index is 0.334. The van der Waals surface area contributed by atoms with Crippen molar-refractivity contribution in [2.24, 2.45) is 0 Å². The van der Waals surface area contributed by atoms with Crippen molar-refractivity contribution in [1.82, 2.24) is 20.0 Å². The monoisotopic (exact) mass is 336 g/mol. The van der Waals surface area contributed by atoms with Gasteiger partial charge in [0.05, 0.1) is 24.2 Å². The number of esters is 1. The normalized spacial score (nSPS) is 12.6. The molecule has 1 aliphatic carbocycles. The second kappa shape index (κ2) is 5.88. The van der Waals surface area contributed by atoms with E-state index in [4.69, 9.17) is 4.74 Å². The van der Waals surface area contributed by atoms with Crippen LogP contribution in [0.25, 0.3) is 16.9 Å². The number of rotatable bonds is 3. The molecule has 2 heterocycles. The van der Waals surface area contributed by atoms with E-state index in [-0.39, 0.29) is 5.97 Å². The van der Waals surface area contributed by atoms with Gasteiger partial charge in [0.25, 0.3) is 0 Å². The van der Waals surface area contributed by atoms with E-state index in [1.54, 1.807) is 6.92 Å². The minimum atomic E-state index is -0.366. The average molecular weight is 336 g/mol. The van der Waals surface area contributed by atoms with E-state index < -0.39 is 0 Å². The number of carbonyl (C=O) groups excluding carboxylic acids is 1. The number of aryl methyl sites for hydroxylation is 3. The van der Waals surface area contributed by atoms with Crippen LogP contribution in [0.3, 0.4) is 0 Å². The fourth-order valence-corrected chi connectivity index (χ4v) is 3.41. The van der Waals surface area contributed by atoms with Crippen LogP contribution in [0.15, 0.2) is 24.4 Å². The molecule has 4 rings (SSSR count). The summed E-state index contributed by atoms with van der Waals surface area (Å²) < 4.78 is 7.10. The van der Waals surface area contributed by atoms with E-state index in [2.05, 4.69) is 40.4 Å². The summed E-state index contributed by atoms with van der Waals surface area (Å²) in [5.74, 6) is -0.366. The number of hydrogen-bond acceptors (Lipinski definition) is 4. The van der Waals surface area contributed by atoms with Crippen LogP contribution in [-0.2, 0) is 17.6 Å². The first kappa shape index (κ1) is 15.6. The molecule has 6 heteroatoms. The van der Waals surface area contributed by atoms with Gasteiger partial charge in [-0.25, -0.2) is 9.48 Å². The predicted molar refractivity (Wildman–Crippen MR) is 94.0 cm³/mol. The summed E-state index contributed by atoms with van der Waals surface area (Å²) in [4.78, 5) is 12.4. The summed E-state index contributed by atoms with van der Waals surface area (Å²) in [7, 11) is 0. The van der Waals surface area contributed by atoms with Crippen molar-refractivity contribution in [2.75, 3.05) is 6.61 Å². The van der Waals surface area contributed by atoms with Gasteiger partial charge in [0.1, 0.15) is 0 Å². The lowest BCUT2D eigenvalue weighted by molar-refractivity contribution is 0.0517. The molecular formula is C19H20N4O2. The summed E-state index contributed by atoms with van der Waals surface area (Å²) in [6.07, 6.45) is 3.36. The Balaban J connectivity index is 1.99. The SMILES string of the molecule is CCOC(=O)c1nn(-c2cc(C)ccc2C)c2c1CCc1[nH]ncc1-2. The first-order valence-corrected chi connectivity index (χ1v) is 8.49. The number of benzene rings is 1. The highest BCUT2D eigenvalue weighted by atomic mass is 16.5. The molecule has 3 aromatic rings. The second-order valence-electron chi connectivity index (χ2n) is 6.36. The molecule has 1 N–H and O–H groups in total. The number of hydrogen-bond donors (Lipinski definition) is 1. The van der Waals surface area contributed by atoms with Crippen molar-refractivity contribution in [3.8, 4) is 16.9 Å². The summed E-state index contributed by atoms with van der Waals surface area (Å²) in [5.41, 5.74) is 7.58. The molecule has 0 radical (unpaired) electrons. The molecule has 1 aliphatic rings. The molecule has 6 nitrogen and oxygen atoms in total. The van der Waals surface area contributed by atoms with Crippen LogP contribution >= 0.6 is 0 Å². The number of H-pyrrole nitrogens is 1. The summed E-state index contributed by atoms with van der Waals surface area (Å²) in [5, 5.41) is 11.9. The number of fused-ring (bicyclic) bond motifs is 3. The Bertz CT molecular complexity index is 968. The maximum atomic E-state index is 12.4. The van der Waals surface area contributed by atoms with E-state index in [1.807, 2.05) is 17.8 Å². The molecule has 0 fully saturated rings. The lowest BCUT2D eigenvalue weighted by Gasteiger charge is -2.16. The van der Waals surface area contributed by atoms with Gasteiger partial charge < -0.3 is 4.74 Å². The fourth-order valence-electron chi connectivity index (χ4n) is 3.41. The number of nitrogens with zero attached hydrogens (tertiary/aromatic N) is 3. The smallest absolute Gasteiger partial charge is 0.359 e. The molecule has 25 heavy (non-hydrogen) atoms. The standard InChI is InChI=1S/C19H20N4O2/c1-4-25-19(24)17-13-7-8-15-14(10-20-21-15)18(13)23(22-17)16-9-11(2)5-6-12(16)3/h5-6,9-10H,4,7-8H2,1-3H3,(H,20,21). The van der Waals surface area contributed by atoms with E-state index in [0.29, 0.717) is 12.3 Å². The van der Waals surface area contributed by atoms with Crippen molar-refractivity contribution in [2.45, 2.75) is 33.6 Å². The molecule has 0 spiro atoms. The van der Waals surface area contributed by atoms with Gasteiger partial charge in [-0.15, -0.1) is 0 Å². The van der Waals surface area contributed by atoms with Gasteiger partial charge in [-0.2, -0.15) is 10.2 Å². The summed E-state index contributed by atoms with van der Waals surface area (Å²) in [6, 6.07) is 6.23. The zero-order chi connectivity index (χ0) is 17.6. The Morgan fingerprint density at radius 3 is 2.96 bits per heavy atom. The second-order valence-corrected chi connectivity index (χ2v) is 6.36. The fraction of sp³-hybridized carbons (Fsp3) is 0.316. The van der Waals surface area contributed by atoms with Crippen LogP contribution in [0.5, 0.6) is 0 Å². The summed E-state index contributed by atoms with van der Waals surface area (Å²) >= 11 is 0. The van der Waals surface area contributed by atoms with Crippen molar-refractivity contribution < 1.29 is 9.53 Å². The Morgan fingerprint density at radius 2 is 2.16 bits per heavy atom. The Kier molecular flexibility index (Phi) is 3.67. The molecule has 0 bridgehead atoms. The van der Waals surface area contributed by atoms with Crippen LogP contribution in [0.4, 0.5) is 0 Å². The van der Waals surface area contributed by atoms with Crippen molar-refractivity contribution in [3.05, 3.63) is 52.5 Å². The van der Waals surface area contributed by atoms with E-state index >= 15 is 0 Å². The van der Waals surface area contributed by atoms with Crippen LogP contribution in [0.1, 0.15) is 39.8 Å². The van der Waals surface area contributed by atoms with E-state index in [1.165, 1.54) is 0 Å². The molecule has 128 valence electrons. The number of ether oxygens (including phenoxy) is 1. The molecular weight excluding hydrogens is 316 g/mol. The van der Waals surface area contributed by atoms with Crippen molar-refractivity contribution in [3.63, 3.8) is 0 Å². The first-order valence-electron chi connectivity index (χ1n) is 8.49. The predicted octanol–water partition coefficient (Wildman–Crippen LogP) is 3.15. The maximum absolute atomic E-state index is 12.4. The lowest BCUT2D eigenvalue weighted by Crippen LogP contribution is -2.10.